The molecule has 1 aliphatic carbocycles. The van der Waals surface area contributed by atoms with Crippen LogP contribution < -0.4 is 15.5 Å². The summed E-state index contributed by atoms with van der Waals surface area (Å²) in [4.78, 5) is 60.2. The van der Waals surface area contributed by atoms with Crippen LogP contribution in [-0.2, 0) is 37.1 Å². The topological polar surface area (TPSA) is 169 Å². The molecule has 0 spiro atoms. The van der Waals surface area contributed by atoms with E-state index in [2.05, 4.69) is 20.7 Å². The molecule has 4 amide bonds. The largest absolute Gasteiger partial charge is 0.418 e. The molecule has 5 heterocycles. The quantitative estimate of drug-likeness (QED) is 0.165. The van der Waals surface area contributed by atoms with Gasteiger partial charge in [-0.1, -0.05) is 12.1 Å². The number of alkyl halides is 6. The summed E-state index contributed by atoms with van der Waals surface area (Å²) < 4.78 is 93.1. The highest BCUT2D eigenvalue weighted by molar-refractivity contribution is 7.80. The molecular weight excluding hydrogens is 847 g/mol. The third-order valence-corrected chi connectivity index (χ3v) is 12.5. The van der Waals surface area contributed by atoms with Crippen LogP contribution >= 0.6 is 12.2 Å². The molecule has 4 aliphatic rings. The number of fused-ring (bicyclic) bond motifs is 1. The number of nitrogens with zero attached hydrogens (tertiary/aromatic N) is 8. The predicted molar refractivity (Wildman–Crippen MR) is 214 cm³/mol. The summed E-state index contributed by atoms with van der Waals surface area (Å²) in [6.45, 7) is 2.82. The lowest BCUT2D eigenvalue weighted by molar-refractivity contribution is -0.197. The van der Waals surface area contributed by atoms with Crippen molar-refractivity contribution in [2.45, 2.75) is 94.4 Å². The number of pyridine rings is 1. The zero-order chi connectivity index (χ0) is 44.9. The third kappa shape index (κ3) is 8.85. The van der Waals surface area contributed by atoms with Crippen molar-refractivity contribution in [3.05, 3.63) is 47.4 Å². The number of benzene rings is 1. The van der Waals surface area contributed by atoms with Crippen molar-refractivity contribution in [1.82, 2.24) is 34.8 Å². The number of carbonyl (C=O) groups excluding carboxylic acids is 4. The fourth-order valence-electron chi connectivity index (χ4n) is 9.00. The van der Waals surface area contributed by atoms with Gasteiger partial charge < -0.3 is 15.0 Å². The first kappa shape index (κ1) is 44.8. The summed E-state index contributed by atoms with van der Waals surface area (Å²) in [5.74, 6) is -2.84. The van der Waals surface area contributed by atoms with E-state index in [0.29, 0.717) is 54.0 Å². The van der Waals surface area contributed by atoms with E-state index in [1.165, 1.54) is 4.68 Å². The van der Waals surface area contributed by atoms with E-state index in [4.69, 9.17) is 22.2 Å². The summed E-state index contributed by atoms with van der Waals surface area (Å²) in [6.07, 6.45) is -6.52. The molecule has 0 radical (unpaired) electrons. The molecule has 2 atom stereocenters. The monoisotopic (exact) mass is 890 g/mol. The number of amides is 4. The maximum atomic E-state index is 14.4. The van der Waals surface area contributed by atoms with Crippen LogP contribution in [-0.4, -0.2) is 127 Å². The molecule has 4 fully saturated rings. The summed E-state index contributed by atoms with van der Waals surface area (Å²) >= 11 is 5.62. The van der Waals surface area contributed by atoms with Crippen molar-refractivity contribution in [1.29, 1.82) is 5.26 Å². The fourth-order valence-corrected chi connectivity index (χ4v) is 9.56. The van der Waals surface area contributed by atoms with Crippen LogP contribution in [0.2, 0.25) is 0 Å². The number of rotatable bonds is 10. The molecule has 332 valence electrons. The maximum absolute atomic E-state index is 14.4. The van der Waals surface area contributed by atoms with Gasteiger partial charge in [0.2, 0.25) is 17.7 Å². The number of hydrogen-bond acceptors (Lipinski definition) is 11. The third-order valence-electron chi connectivity index (χ3n) is 12.1. The second kappa shape index (κ2) is 17.1. The molecule has 1 saturated carbocycles. The Morgan fingerprint density at radius 3 is 2.47 bits per heavy atom. The number of imide groups is 1. The highest BCUT2D eigenvalue weighted by Gasteiger charge is 2.54. The molecule has 2 aromatic heterocycles. The molecule has 15 nitrogen and oxygen atoms in total. The molecule has 3 aliphatic heterocycles. The molecule has 3 saturated heterocycles. The Morgan fingerprint density at radius 1 is 1.08 bits per heavy atom. The highest BCUT2D eigenvalue weighted by Crippen LogP contribution is 2.43. The molecule has 22 heteroatoms. The minimum Gasteiger partial charge on any atom is -0.377 e. The van der Waals surface area contributed by atoms with Gasteiger partial charge in [-0.15, -0.1) is 0 Å². The van der Waals surface area contributed by atoms with Crippen LogP contribution in [0.25, 0.3) is 10.9 Å². The number of ether oxygens (including phenoxy) is 1. The van der Waals surface area contributed by atoms with Gasteiger partial charge in [-0.2, -0.15) is 36.7 Å². The Morgan fingerprint density at radius 2 is 1.81 bits per heavy atom. The first-order valence-corrected chi connectivity index (χ1v) is 20.5. The number of carbonyl (C=O) groups is 4. The second-order valence-electron chi connectivity index (χ2n) is 16.4. The molecule has 2 N–H and O–H groups in total. The molecule has 0 bridgehead atoms. The Labute approximate surface area is 357 Å². The number of halogens is 6. The number of para-hydroxylation sites is 1. The number of piperazine rings is 1. The Kier molecular flexibility index (Phi) is 12.4. The summed E-state index contributed by atoms with van der Waals surface area (Å²) in [7, 11) is 1.63. The maximum Gasteiger partial charge on any atom is 0.418 e. The number of nitriles is 1. The molecule has 62 heavy (non-hydrogen) atoms. The number of nitrogens with one attached hydrogen (secondary N) is 2. The Bertz CT molecular complexity index is 2320. The van der Waals surface area contributed by atoms with Gasteiger partial charge in [-0.05, 0) is 70.3 Å². The van der Waals surface area contributed by atoms with Gasteiger partial charge in [0.05, 0.1) is 59.5 Å². The van der Waals surface area contributed by atoms with E-state index in [9.17, 15) is 45.5 Å². The van der Waals surface area contributed by atoms with Crippen LogP contribution in [0.4, 0.5) is 37.7 Å². The average Bonchev–Trinajstić information content (AvgIpc) is 3.63. The standard InChI is InChI=1S/C40H44F6N10O5S/c1-38(2)36(60)55(29-19-48-22(18-47)17-27(29)39(41,42)43)37(62)56(38)23-7-9-24(10-8-23)61-16-15-53-13-14-54(30(20-53)40(44,45)46)21-32(58)49-28-6-4-5-25-33(51-52(3)34(25)28)26-11-12-31(57)50-35(26)59/h4-6,17,19,23-24,26,30H,7-16,20-21H2,1-3H3,(H,49,58)(H,50,57,59)/t23?,24?,26?,30-/m1/s1. The van der Waals surface area contributed by atoms with Crippen LogP contribution in [0, 0.1) is 11.3 Å². The lowest BCUT2D eigenvalue weighted by Crippen LogP contribution is -2.60. The first-order valence-electron chi connectivity index (χ1n) is 20.1. The number of piperidine rings is 1. The van der Waals surface area contributed by atoms with Crippen molar-refractivity contribution >= 4 is 63.2 Å². The number of thiocarbonyl (C=S) groups is 1. The van der Waals surface area contributed by atoms with Gasteiger partial charge in [-0.25, -0.2) is 4.98 Å². The van der Waals surface area contributed by atoms with Crippen LogP contribution in [0.1, 0.15) is 75.2 Å². The summed E-state index contributed by atoms with van der Waals surface area (Å²) in [5.41, 5.74) is -2.28. The van der Waals surface area contributed by atoms with Crippen molar-refractivity contribution in [3.8, 4) is 6.07 Å². The van der Waals surface area contributed by atoms with Gasteiger partial charge in [-0.3, -0.25) is 43.9 Å². The molecule has 3 aromatic rings. The normalized spacial score (nSPS) is 24.1. The summed E-state index contributed by atoms with van der Waals surface area (Å²) in [5, 5.41) is 19.1. The number of aryl methyl sites for hydroxylation is 1. The minimum atomic E-state index is -4.89. The van der Waals surface area contributed by atoms with E-state index in [1.54, 1.807) is 55.0 Å². The molecule has 7 rings (SSSR count). The Hall–Kier alpha value is -5.24. The smallest absolute Gasteiger partial charge is 0.377 e. The average molecular weight is 891 g/mol. The highest BCUT2D eigenvalue weighted by atomic mass is 32.1. The number of aromatic nitrogens is 3. The van der Waals surface area contributed by atoms with Gasteiger partial charge in [0, 0.05) is 51.1 Å². The van der Waals surface area contributed by atoms with Gasteiger partial charge in [0.25, 0.3) is 5.91 Å². The van der Waals surface area contributed by atoms with Crippen LogP contribution in [0.3, 0.4) is 0 Å². The van der Waals surface area contributed by atoms with E-state index in [0.717, 1.165) is 16.0 Å². The fraction of sp³-hybridized carbons (Fsp3) is 0.550. The van der Waals surface area contributed by atoms with Crippen molar-refractivity contribution in [2.75, 3.05) is 49.5 Å². The number of hydrogen-bond donors (Lipinski definition) is 2. The zero-order valence-electron chi connectivity index (χ0n) is 34.0. The number of anilines is 2. The van der Waals surface area contributed by atoms with Gasteiger partial charge in [0.15, 0.2) is 5.11 Å². The van der Waals surface area contributed by atoms with Gasteiger partial charge >= 0.3 is 12.4 Å². The van der Waals surface area contributed by atoms with Crippen LogP contribution in [0.15, 0.2) is 30.5 Å². The lowest BCUT2D eigenvalue weighted by Gasteiger charge is -2.42. The van der Waals surface area contributed by atoms with Gasteiger partial charge in [0.1, 0.15) is 23.3 Å². The lowest BCUT2D eigenvalue weighted by atomic mass is 9.89. The Balaban J connectivity index is 0.915. The van der Waals surface area contributed by atoms with Crippen LogP contribution in [0.5, 0.6) is 0 Å². The molecule has 1 aromatic carbocycles. The van der Waals surface area contributed by atoms with E-state index >= 15 is 0 Å². The van der Waals surface area contributed by atoms with E-state index in [1.807, 2.05) is 0 Å². The molecule has 1 unspecified atom stereocenters. The zero-order valence-corrected chi connectivity index (χ0v) is 34.8. The van der Waals surface area contributed by atoms with E-state index in [-0.39, 0.29) is 68.8 Å². The van der Waals surface area contributed by atoms with Crippen molar-refractivity contribution in [2.24, 2.45) is 7.05 Å². The second-order valence-corrected chi connectivity index (χ2v) is 16.8. The van der Waals surface area contributed by atoms with E-state index < -0.39 is 71.1 Å². The molecular formula is C40H44F6N10O5S. The first-order chi connectivity index (χ1) is 29.2. The van der Waals surface area contributed by atoms with Crippen molar-refractivity contribution < 1.29 is 50.3 Å². The minimum absolute atomic E-state index is 0.0391. The predicted octanol–water partition coefficient (Wildman–Crippen LogP) is 4.61. The SMILES string of the molecule is Cn1nc(C2CCC(=O)NC2=O)c2cccc(NC(=O)CN3CCN(CCOC4CCC(N5C(=S)N(c6cnc(C#N)cc6C(F)(F)F)C(=O)C5(C)C)CC4)C[C@@H]3C(F)(F)F)c21. The summed E-state index contributed by atoms with van der Waals surface area (Å²) in [6, 6.07) is 4.91. The van der Waals surface area contributed by atoms with Crippen molar-refractivity contribution in [3.63, 3.8) is 0 Å².